The molecule has 2 fully saturated rings. The first-order valence-electron chi connectivity index (χ1n) is 8.48. The van der Waals surface area contributed by atoms with E-state index in [9.17, 15) is 9.59 Å². The summed E-state index contributed by atoms with van der Waals surface area (Å²) in [6.45, 7) is 3.41. The summed E-state index contributed by atoms with van der Waals surface area (Å²) in [7, 11) is 0. The van der Waals surface area contributed by atoms with Crippen molar-refractivity contribution in [3.05, 3.63) is 35.4 Å². The zero-order chi connectivity index (χ0) is 16.1. The topological polar surface area (TPSA) is 58.6 Å². The molecule has 1 aromatic carbocycles. The van der Waals surface area contributed by atoms with Gasteiger partial charge in [0.05, 0.1) is 12.5 Å². The molecule has 0 aliphatic carbocycles. The molecular formula is C18H24N2O3. The van der Waals surface area contributed by atoms with E-state index < -0.39 is 0 Å². The van der Waals surface area contributed by atoms with Crippen LogP contribution in [0.3, 0.4) is 0 Å². The van der Waals surface area contributed by atoms with Crippen LogP contribution in [0.25, 0.3) is 0 Å². The molecule has 2 aliphatic rings. The molecule has 2 aliphatic heterocycles. The molecule has 1 atom stereocenters. The molecule has 0 radical (unpaired) electrons. The molecule has 2 saturated heterocycles. The van der Waals surface area contributed by atoms with Crippen molar-refractivity contribution in [2.75, 3.05) is 26.3 Å². The smallest absolute Gasteiger partial charge is 0.253 e. The van der Waals surface area contributed by atoms with Crippen molar-refractivity contribution >= 4 is 11.8 Å². The third-order valence-corrected chi connectivity index (χ3v) is 4.61. The molecule has 0 bridgehead atoms. The largest absolute Gasteiger partial charge is 0.381 e. The number of ether oxygens (including phenoxy) is 1. The van der Waals surface area contributed by atoms with Gasteiger partial charge >= 0.3 is 0 Å². The number of hydrogen-bond acceptors (Lipinski definition) is 3. The first-order valence-corrected chi connectivity index (χ1v) is 8.48. The highest BCUT2D eigenvalue weighted by molar-refractivity contribution is 5.94. The van der Waals surface area contributed by atoms with Crippen LogP contribution in [0.4, 0.5) is 0 Å². The van der Waals surface area contributed by atoms with Crippen molar-refractivity contribution in [3.8, 4) is 0 Å². The van der Waals surface area contributed by atoms with E-state index in [1.807, 2.05) is 29.2 Å². The van der Waals surface area contributed by atoms with Gasteiger partial charge in [0.15, 0.2) is 0 Å². The van der Waals surface area contributed by atoms with Gasteiger partial charge in [-0.3, -0.25) is 9.59 Å². The van der Waals surface area contributed by atoms with Gasteiger partial charge < -0.3 is 15.0 Å². The fourth-order valence-corrected chi connectivity index (χ4v) is 3.12. The lowest BCUT2D eigenvalue weighted by atomic mass is 10.1. The lowest BCUT2D eigenvalue weighted by molar-refractivity contribution is -0.125. The summed E-state index contributed by atoms with van der Waals surface area (Å²) in [5, 5.41) is 2.94. The van der Waals surface area contributed by atoms with Crippen LogP contribution in [-0.2, 0) is 16.1 Å². The molecule has 23 heavy (non-hydrogen) atoms. The van der Waals surface area contributed by atoms with E-state index in [1.165, 1.54) is 6.42 Å². The minimum Gasteiger partial charge on any atom is -0.381 e. The minimum absolute atomic E-state index is 0.0186. The van der Waals surface area contributed by atoms with E-state index in [-0.39, 0.29) is 17.7 Å². The Bertz CT molecular complexity index is 544. The third kappa shape index (κ3) is 4.10. The summed E-state index contributed by atoms with van der Waals surface area (Å²) in [5.74, 6) is 0.148. The SMILES string of the molecule is O=C(NCc1ccc(C(=O)N2CCCCC2)cc1)C1CCOC1. The number of amides is 2. The number of rotatable bonds is 4. The second kappa shape index (κ2) is 7.59. The van der Waals surface area contributed by atoms with Gasteiger partial charge in [-0.15, -0.1) is 0 Å². The third-order valence-electron chi connectivity index (χ3n) is 4.61. The van der Waals surface area contributed by atoms with Gasteiger partial charge in [-0.25, -0.2) is 0 Å². The Balaban J connectivity index is 1.52. The number of carbonyl (C=O) groups excluding carboxylic acids is 2. The maximum atomic E-state index is 12.4. The molecule has 124 valence electrons. The molecule has 3 rings (SSSR count). The average Bonchev–Trinajstić information content (AvgIpc) is 3.15. The predicted octanol–water partition coefficient (Wildman–Crippen LogP) is 1.97. The number of likely N-dealkylation sites (tertiary alicyclic amines) is 1. The standard InChI is InChI=1S/C18H24N2O3/c21-17(16-8-11-23-13-16)19-12-14-4-6-15(7-5-14)18(22)20-9-2-1-3-10-20/h4-7,16H,1-3,8-13H2,(H,19,21). The number of nitrogens with zero attached hydrogens (tertiary/aromatic N) is 1. The average molecular weight is 316 g/mol. The second-order valence-electron chi connectivity index (χ2n) is 6.33. The Kier molecular flexibility index (Phi) is 5.28. The van der Waals surface area contributed by atoms with Crippen molar-refractivity contribution in [3.63, 3.8) is 0 Å². The molecule has 5 heteroatoms. The van der Waals surface area contributed by atoms with Gasteiger partial charge in [0, 0.05) is 31.8 Å². The summed E-state index contributed by atoms with van der Waals surface area (Å²) in [6, 6.07) is 7.55. The second-order valence-corrected chi connectivity index (χ2v) is 6.33. The van der Waals surface area contributed by atoms with Gasteiger partial charge in [-0.1, -0.05) is 12.1 Å². The molecular weight excluding hydrogens is 292 g/mol. The molecule has 1 unspecified atom stereocenters. The monoisotopic (exact) mass is 316 g/mol. The summed E-state index contributed by atoms with van der Waals surface area (Å²) in [4.78, 5) is 26.3. The van der Waals surface area contributed by atoms with Crippen LogP contribution in [0.5, 0.6) is 0 Å². The number of carbonyl (C=O) groups is 2. The number of benzene rings is 1. The van der Waals surface area contributed by atoms with E-state index in [2.05, 4.69) is 5.32 Å². The normalized spacial score (nSPS) is 21.2. The van der Waals surface area contributed by atoms with E-state index in [0.29, 0.717) is 19.8 Å². The van der Waals surface area contributed by atoms with Gasteiger partial charge in [-0.2, -0.15) is 0 Å². The summed E-state index contributed by atoms with van der Waals surface area (Å²) in [6.07, 6.45) is 4.21. The van der Waals surface area contributed by atoms with Crippen LogP contribution in [0.15, 0.2) is 24.3 Å². The Hall–Kier alpha value is -1.88. The van der Waals surface area contributed by atoms with Gasteiger partial charge in [0.1, 0.15) is 0 Å². The molecule has 1 aromatic rings. The van der Waals surface area contributed by atoms with Crippen LogP contribution in [-0.4, -0.2) is 43.0 Å². The van der Waals surface area contributed by atoms with Crippen LogP contribution < -0.4 is 5.32 Å². The van der Waals surface area contributed by atoms with E-state index in [4.69, 9.17) is 4.74 Å². The quantitative estimate of drug-likeness (QED) is 0.924. The van der Waals surface area contributed by atoms with E-state index in [0.717, 1.165) is 43.5 Å². The zero-order valence-electron chi connectivity index (χ0n) is 13.4. The Labute approximate surface area is 137 Å². The Morgan fingerprint density at radius 1 is 1.13 bits per heavy atom. The van der Waals surface area contributed by atoms with Crippen molar-refractivity contribution < 1.29 is 14.3 Å². The lowest BCUT2D eigenvalue weighted by Crippen LogP contribution is -2.35. The number of piperidine rings is 1. The van der Waals surface area contributed by atoms with E-state index >= 15 is 0 Å². The van der Waals surface area contributed by atoms with Gasteiger partial charge in [-0.05, 0) is 43.4 Å². The van der Waals surface area contributed by atoms with Crippen LogP contribution in [0.1, 0.15) is 41.6 Å². The van der Waals surface area contributed by atoms with Crippen LogP contribution in [0.2, 0.25) is 0 Å². The maximum Gasteiger partial charge on any atom is 0.253 e. The number of nitrogens with one attached hydrogen (secondary N) is 1. The van der Waals surface area contributed by atoms with Crippen molar-refractivity contribution in [1.82, 2.24) is 10.2 Å². The molecule has 0 aromatic heterocycles. The summed E-state index contributed by atoms with van der Waals surface area (Å²) < 4.78 is 5.23. The summed E-state index contributed by atoms with van der Waals surface area (Å²) in [5.41, 5.74) is 1.73. The van der Waals surface area contributed by atoms with E-state index in [1.54, 1.807) is 0 Å². The fraction of sp³-hybridized carbons (Fsp3) is 0.556. The van der Waals surface area contributed by atoms with Crippen molar-refractivity contribution in [2.24, 2.45) is 5.92 Å². The first kappa shape index (κ1) is 16.0. The fourth-order valence-electron chi connectivity index (χ4n) is 3.12. The Morgan fingerprint density at radius 2 is 1.87 bits per heavy atom. The summed E-state index contributed by atoms with van der Waals surface area (Å²) >= 11 is 0. The van der Waals surface area contributed by atoms with Crippen LogP contribution in [0, 0.1) is 5.92 Å². The van der Waals surface area contributed by atoms with Gasteiger partial charge in [0.2, 0.25) is 5.91 Å². The van der Waals surface area contributed by atoms with Crippen LogP contribution >= 0.6 is 0 Å². The molecule has 5 nitrogen and oxygen atoms in total. The van der Waals surface area contributed by atoms with Crippen molar-refractivity contribution in [1.29, 1.82) is 0 Å². The zero-order valence-corrected chi connectivity index (χ0v) is 13.4. The predicted molar refractivity (Wildman–Crippen MR) is 87.0 cm³/mol. The molecule has 0 spiro atoms. The van der Waals surface area contributed by atoms with Gasteiger partial charge in [0.25, 0.3) is 5.91 Å². The molecule has 0 saturated carbocycles. The Morgan fingerprint density at radius 3 is 2.52 bits per heavy atom. The highest BCUT2D eigenvalue weighted by atomic mass is 16.5. The minimum atomic E-state index is -0.0186. The number of hydrogen-bond donors (Lipinski definition) is 1. The molecule has 2 heterocycles. The highest BCUT2D eigenvalue weighted by Crippen LogP contribution is 2.15. The highest BCUT2D eigenvalue weighted by Gasteiger charge is 2.23. The molecule has 1 N–H and O–H groups in total. The first-order chi connectivity index (χ1) is 11.2. The van der Waals surface area contributed by atoms with Crippen molar-refractivity contribution in [2.45, 2.75) is 32.2 Å². The molecule has 2 amide bonds. The lowest BCUT2D eigenvalue weighted by Gasteiger charge is -2.26. The maximum absolute atomic E-state index is 12.4.